The predicted molar refractivity (Wildman–Crippen MR) is 78.9 cm³/mol. The fraction of sp³-hybridized carbons (Fsp3) is 0.188. The van der Waals surface area contributed by atoms with Gasteiger partial charge >= 0.3 is 0 Å². The Morgan fingerprint density at radius 2 is 1.74 bits per heavy atom. The van der Waals surface area contributed by atoms with Gasteiger partial charge in [-0.15, -0.1) is 0 Å². The molecule has 2 rings (SSSR count). The number of rotatable bonds is 5. The molecule has 0 aromatic heterocycles. The van der Waals surface area contributed by atoms with E-state index in [-0.39, 0.29) is 5.12 Å². The SMILES string of the molecule is [2H]C(SC(=O)[C@H](OC)c1ccccc1)c1ccccc1. The minimum absolute atomic E-state index is 0.150. The summed E-state index contributed by atoms with van der Waals surface area (Å²) in [7, 11) is 1.51. The van der Waals surface area contributed by atoms with Crippen LogP contribution < -0.4 is 0 Å². The van der Waals surface area contributed by atoms with Crippen LogP contribution in [0.3, 0.4) is 0 Å². The normalized spacial score (nSPS) is 14.5. The molecular formula is C16H16O2S. The van der Waals surface area contributed by atoms with Gasteiger partial charge in [-0.05, 0) is 11.1 Å². The Labute approximate surface area is 119 Å². The van der Waals surface area contributed by atoms with Crippen LogP contribution in [0.1, 0.15) is 18.6 Å². The Bertz CT molecular complexity index is 545. The first-order valence-corrected chi connectivity index (χ1v) is 6.85. The van der Waals surface area contributed by atoms with Crippen molar-refractivity contribution in [3.05, 3.63) is 71.8 Å². The molecule has 0 N–H and O–H groups in total. The van der Waals surface area contributed by atoms with Crippen LogP contribution in [-0.4, -0.2) is 12.2 Å². The second kappa shape index (κ2) is 7.12. The third-order valence-electron chi connectivity index (χ3n) is 2.66. The van der Waals surface area contributed by atoms with Gasteiger partial charge in [-0.1, -0.05) is 72.4 Å². The van der Waals surface area contributed by atoms with Gasteiger partial charge in [0.15, 0.2) is 6.10 Å². The quantitative estimate of drug-likeness (QED) is 0.828. The average Bonchev–Trinajstić information content (AvgIpc) is 2.50. The van der Waals surface area contributed by atoms with Crippen molar-refractivity contribution in [1.82, 2.24) is 0 Å². The molecule has 3 heteroatoms. The lowest BCUT2D eigenvalue weighted by molar-refractivity contribution is -0.120. The number of methoxy groups -OCH3 is 1. The highest BCUT2D eigenvalue weighted by atomic mass is 32.2. The molecule has 2 nitrogen and oxygen atoms in total. The largest absolute Gasteiger partial charge is 0.368 e. The predicted octanol–water partition coefficient (Wildman–Crippen LogP) is 3.83. The molecular weight excluding hydrogens is 256 g/mol. The summed E-state index contributed by atoms with van der Waals surface area (Å²) in [4.78, 5) is 12.3. The summed E-state index contributed by atoms with van der Waals surface area (Å²) in [5.74, 6) is 0. The molecule has 19 heavy (non-hydrogen) atoms. The first-order chi connectivity index (χ1) is 9.72. The van der Waals surface area contributed by atoms with E-state index in [1.165, 1.54) is 7.11 Å². The van der Waals surface area contributed by atoms with Crippen LogP contribution >= 0.6 is 11.8 Å². The first-order valence-electron chi connectivity index (χ1n) is 6.55. The highest BCUT2D eigenvalue weighted by Crippen LogP contribution is 2.25. The Morgan fingerprint density at radius 3 is 2.32 bits per heavy atom. The van der Waals surface area contributed by atoms with E-state index in [0.29, 0.717) is 0 Å². The smallest absolute Gasteiger partial charge is 0.222 e. The minimum atomic E-state index is -0.634. The number of ether oxygens (including phenoxy) is 1. The molecule has 98 valence electrons. The van der Waals surface area contributed by atoms with E-state index in [2.05, 4.69) is 0 Å². The first kappa shape index (κ1) is 12.5. The van der Waals surface area contributed by atoms with Crippen LogP contribution in [-0.2, 0) is 15.3 Å². The third kappa shape index (κ3) is 3.94. The van der Waals surface area contributed by atoms with Gasteiger partial charge in [0.1, 0.15) is 0 Å². The van der Waals surface area contributed by atoms with Crippen LogP contribution in [0.15, 0.2) is 60.7 Å². The maximum atomic E-state index is 12.3. The summed E-state index contributed by atoms with van der Waals surface area (Å²) in [6.45, 7) is 0. The lowest BCUT2D eigenvalue weighted by Gasteiger charge is -2.13. The van der Waals surface area contributed by atoms with Gasteiger partial charge in [0, 0.05) is 14.2 Å². The molecule has 2 aromatic rings. The van der Waals surface area contributed by atoms with Crippen molar-refractivity contribution in [2.45, 2.75) is 11.8 Å². The lowest BCUT2D eigenvalue weighted by Crippen LogP contribution is -2.11. The monoisotopic (exact) mass is 273 g/mol. The number of carbonyl (C=O) groups excluding carboxylic acids is 1. The van der Waals surface area contributed by atoms with E-state index < -0.39 is 11.8 Å². The van der Waals surface area contributed by atoms with Crippen molar-refractivity contribution in [2.75, 3.05) is 7.11 Å². The Kier molecular flexibility index (Phi) is 4.67. The third-order valence-corrected chi connectivity index (χ3v) is 3.50. The van der Waals surface area contributed by atoms with Crippen molar-refractivity contribution in [1.29, 1.82) is 0 Å². The number of hydrogen-bond acceptors (Lipinski definition) is 3. The molecule has 0 saturated carbocycles. The van der Waals surface area contributed by atoms with Gasteiger partial charge in [-0.25, -0.2) is 0 Å². The summed E-state index contributed by atoms with van der Waals surface area (Å²) in [6.07, 6.45) is -0.627. The summed E-state index contributed by atoms with van der Waals surface area (Å²) >= 11 is 0.983. The van der Waals surface area contributed by atoms with Gasteiger partial charge in [0.05, 0.1) is 0 Å². The molecule has 0 fully saturated rings. The molecule has 0 saturated heterocycles. The molecule has 2 aromatic carbocycles. The summed E-state index contributed by atoms with van der Waals surface area (Å²) in [5, 5.41) is -0.150. The molecule has 0 amide bonds. The highest BCUT2D eigenvalue weighted by molar-refractivity contribution is 8.13. The Morgan fingerprint density at radius 1 is 1.16 bits per heavy atom. The number of thioether (sulfide) groups is 1. The van der Waals surface area contributed by atoms with Gasteiger partial charge in [-0.2, -0.15) is 0 Å². The molecule has 0 aliphatic heterocycles. The summed E-state index contributed by atoms with van der Waals surface area (Å²) in [6, 6.07) is 18.7. The van der Waals surface area contributed by atoms with E-state index in [9.17, 15) is 4.79 Å². The van der Waals surface area contributed by atoms with Crippen LogP contribution in [0.5, 0.6) is 0 Å². The Hall–Kier alpha value is -1.58. The molecule has 0 bridgehead atoms. The van der Waals surface area contributed by atoms with Crippen molar-refractivity contribution < 1.29 is 10.9 Å². The number of benzene rings is 2. The molecule has 0 radical (unpaired) electrons. The molecule has 0 spiro atoms. The van der Waals surface area contributed by atoms with E-state index >= 15 is 0 Å². The van der Waals surface area contributed by atoms with E-state index in [1.54, 1.807) is 0 Å². The van der Waals surface area contributed by atoms with E-state index in [0.717, 1.165) is 22.9 Å². The minimum Gasteiger partial charge on any atom is -0.368 e. The number of hydrogen-bond donors (Lipinski definition) is 0. The van der Waals surface area contributed by atoms with Crippen LogP contribution in [0.2, 0.25) is 0 Å². The zero-order chi connectivity index (χ0) is 14.4. The van der Waals surface area contributed by atoms with Gasteiger partial charge in [-0.3, -0.25) is 4.79 Å². The fourth-order valence-electron chi connectivity index (χ4n) is 1.72. The number of carbonyl (C=O) groups is 1. The van der Waals surface area contributed by atoms with Crippen molar-refractivity contribution in [3.8, 4) is 0 Å². The summed E-state index contributed by atoms with van der Waals surface area (Å²) in [5.41, 5.74) is 0.992. The maximum Gasteiger partial charge on any atom is 0.222 e. The molecule has 0 aliphatic carbocycles. The molecule has 1 unspecified atom stereocenters. The van der Waals surface area contributed by atoms with Gasteiger partial charge in [0.25, 0.3) is 0 Å². The second-order valence-corrected chi connectivity index (χ2v) is 4.87. The van der Waals surface area contributed by atoms with Crippen molar-refractivity contribution in [2.24, 2.45) is 0 Å². The van der Waals surface area contributed by atoms with Crippen LogP contribution in [0, 0.1) is 0 Å². The van der Waals surface area contributed by atoms with Gasteiger partial charge < -0.3 is 4.74 Å². The zero-order valence-corrected chi connectivity index (χ0v) is 11.5. The van der Waals surface area contributed by atoms with Crippen LogP contribution in [0.4, 0.5) is 0 Å². The topological polar surface area (TPSA) is 26.3 Å². The Balaban J connectivity index is 2.07. The lowest BCUT2D eigenvalue weighted by atomic mass is 10.1. The van der Waals surface area contributed by atoms with Crippen molar-refractivity contribution >= 4 is 16.9 Å². The van der Waals surface area contributed by atoms with Crippen molar-refractivity contribution in [3.63, 3.8) is 0 Å². The van der Waals surface area contributed by atoms with Crippen LogP contribution in [0.25, 0.3) is 0 Å². The van der Waals surface area contributed by atoms with E-state index in [4.69, 9.17) is 6.11 Å². The molecule has 0 aliphatic rings. The molecule has 0 heterocycles. The maximum absolute atomic E-state index is 12.3. The fourth-order valence-corrected chi connectivity index (χ4v) is 2.48. The average molecular weight is 273 g/mol. The highest BCUT2D eigenvalue weighted by Gasteiger charge is 2.19. The van der Waals surface area contributed by atoms with Gasteiger partial charge in [0.2, 0.25) is 5.12 Å². The zero-order valence-electron chi connectivity index (χ0n) is 11.7. The van der Waals surface area contributed by atoms with E-state index in [1.807, 2.05) is 60.7 Å². The summed E-state index contributed by atoms with van der Waals surface area (Å²) < 4.78 is 13.3. The second-order valence-electron chi connectivity index (χ2n) is 3.99. The molecule has 2 atom stereocenters. The standard InChI is InChI=1S/C16H16O2S/c1-18-15(14-10-6-3-7-11-14)16(17)19-12-13-8-4-2-5-9-13/h2-11,15H,12H2,1H3/t15-/m1/s1/i12D/t12?,15-.